The molecule has 0 radical (unpaired) electrons. The highest BCUT2D eigenvalue weighted by Gasteiger charge is 2.26. The van der Waals surface area contributed by atoms with Gasteiger partial charge in [0.15, 0.2) is 5.52 Å². The van der Waals surface area contributed by atoms with E-state index in [0.29, 0.717) is 29.0 Å². The van der Waals surface area contributed by atoms with E-state index >= 15 is 0 Å². The lowest BCUT2D eigenvalue weighted by molar-refractivity contribution is -0.119. The molecule has 170 valence electrons. The first kappa shape index (κ1) is 22.3. The van der Waals surface area contributed by atoms with Crippen LogP contribution in [0.2, 0.25) is 0 Å². The van der Waals surface area contributed by atoms with Crippen LogP contribution in [0.4, 0.5) is 5.69 Å². The van der Waals surface area contributed by atoms with E-state index in [1.54, 1.807) is 14.0 Å². The Morgan fingerprint density at radius 1 is 1.18 bits per heavy atom. The number of methoxy groups -OCH3 is 1. The number of hydrogen-bond acceptors (Lipinski definition) is 6. The highest BCUT2D eigenvalue weighted by Crippen LogP contribution is 2.30. The van der Waals surface area contributed by atoms with Gasteiger partial charge in [0.05, 0.1) is 12.5 Å². The standard InChI is InChI=1S/C25H26N4O4/c1-5-16-10-7-8-13-19(16)26-24(30)20(6-2)29-25(31)23-21(15(3)33-28-23)22(27-29)17-11-9-12-18(14-17)32-4/h7-14,20H,5-6H2,1-4H3,(H,26,30). The Kier molecular flexibility index (Phi) is 6.26. The quantitative estimate of drug-likeness (QED) is 0.448. The number of benzene rings is 2. The molecule has 1 unspecified atom stereocenters. The average molecular weight is 447 g/mol. The Balaban J connectivity index is 1.84. The van der Waals surface area contributed by atoms with Gasteiger partial charge in [-0.1, -0.05) is 49.3 Å². The molecule has 0 aliphatic carbocycles. The third-order valence-electron chi connectivity index (χ3n) is 5.70. The van der Waals surface area contributed by atoms with Crippen molar-refractivity contribution in [3.05, 3.63) is 70.2 Å². The number of nitrogens with one attached hydrogen (secondary N) is 1. The summed E-state index contributed by atoms with van der Waals surface area (Å²) in [7, 11) is 1.58. The fourth-order valence-electron chi connectivity index (χ4n) is 3.93. The second-order valence-corrected chi connectivity index (χ2v) is 7.72. The van der Waals surface area contributed by atoms with Crippen molar-refractivity contribution in [1.29, 1.82) is 0 Å². The molecule has 8 nitrogen and oxygen atoms in total. The second-order valence-electron chi connectivity index (χ2n) is 7.72. The minimum Gasteiger partial charge on any atom is -0.497 e. The Bertz CT molecular complexity index is 1370. The van der Waals surface area contributed by atoms with Crippen molar-refractivity contribution in [1.82, 2.24) is 14.9 Å². The number of hydrogen-bond donors (Lipinski definition) is 1. The van der Waals surface area contributed by atoms with Crippen LogP contribution in [-0.4, -0.2) is 28.0 Å². The van der Waals surface area contributed by atoms with Crippen molar-refractivity contribution in [2.24, 2.45) is 0 Å². The number of para-hydroxylation sites is 1. The molecule has 0 saturated heterocycles. The lowest BCUT2D eigenvalue weighted by Crippen LogP contribution is -2.35. The van der Waals surface area contributed by atoms with E-state index in [4.69, 9.17) is 9.26 Å². The lowest BCUT2D eigenvalue weighted by Gasteiger charge is -2.19. The van der Waals surface area contributed by atoms with Gasteiger partial charge in [-0.3, -0.25) is 9.59 Å². The molecule has 2 aromatic carbocycles. The van der Waals surface area contributed by atoms with Gasteiger partial charge in [0.1, 0.15) is 23.2 Å². The molecule has 0 bridgehead atoms. The maximum absolute atomic E-state index is 13.3. The Morgan fingerprint density at radius 2 is 1.97 bits per heavy atom. The van der Waals surface area contributed by atoms with Gasteiger partial charge in [0, 0.05) is 11.3 Å². The zero-order chi connectivity index (χ0) is 23.5. The van der Waals surface area contributed by atoms with Crippen molar-refractivity contribution in [3.63, 3.8) is 0 Å². The summed E-state index contributed by atoms with van der Waals surface area (Å²) in [5.74, 6) is 0.813. The molecule has 0 fully saturated rings. The summed E-state index contributed by atoms with van der Waals surface area (Å²) in [6.07, 6.45) is 1.14. The van der Waals surface area contributed by atoms with Gasteiger partial charge in [-0.15, -0.1) is 0 Å². The first-order valence-electron chi connectivity index (χ1n) is 10.9. The summed E-state index contributed by atoms with van der Waals surface area (Å²) >= 11 is 0. The molecule has 1 atom stereocenters. The summed E-state index contributed by atoms with van der Waals surface area (Å²) in [5.41, 5.74) is 2.64. The minimum atomic E-state index is -0.826. The van der Waals surface area contributed by atoms with Gasteiger partial charge < -0.3 is 14.6 Å². The summed E-state index contributed by atoms with van der Waals surface area (Å²) in [4.78, 5) is 26.6. The Labute approximate surface area is 191 Å². The van der Waals surface area contributed by atoms with E-state index in [0.717, 1.165) is 23.2 Å². The molecule has 0 aliphatic heterocycles. The zero-order valence-corrected chi connectivity index (χ0v) is 19.1. The fraction of sp³-hybridized carbons (Fsp3) is 0.280. The second kappa shape index (κ2) is 9.28. The van der Waals surface area contributed by atoms with E-state index in [1.165, 1.54) is 4.68 Å². The summed E-state index contributed by atoms with van der Waals surface area (Å²) in [6.45, 7) is 5.60. The molecule has 33 heavy (non-hydrogen) atoms. The molecule has 4 aromatic rings. The van der Waals surface area contributed by atoms with Gasteiger partial charge in [-0.2, -0.15) is 5.10 Å². The van der Waals surface area contributed by atoms with Crippen molar-refractivity contribution in [3.8, 4) is 17.0 Å². The van der Waals surface area contributed by atoms with Crippen molar-refractivity contribution < 1.29 is 14.1 Å². The molecule has 2 heterocycles. The number of carbonyl (C=O) groups excluding carboxylic acids is 1. The van der Waals surface area contributed by atoms with Crippen molar-refractivity contribution in [2.45, 2.75) is 39.7 Å². The van der Waals surface area contributed by atoms with Crippen LogP contribution < -0.4 is 15.6 Å². The van der Waals surface area contributed by atoms with E-state index in [-0.39, 0.29) is 11.4 Å². The number of ether oxygens (including phenoxy) is 1. The fourth-order valence-corrected chi connectivity index (χ4v) is 3.93. The molecule has 0 aliphatic rings. The van der Waals surface area contributed by atoms with Crippen LogP contribution in [0.5, 0.6) is 5.75 Å². The number of aromatic nitrogens is 3. The smallest absolute Gasteiger partial charge is 0.297 e. The normalized spacial score (nSPS) is 12.0. The van der Waals surface area contributed by atoms with Crippen LogP contribution in [0.3, 0.4) is 0 Å². The molecule has 4 rings (SSSR count). The van der Waals surface area contributed by atoms with Crippen molar-refractivity contribution in [2.75, 3.05) is 12.4 Å². The zero-order valence-electron chi connectivity index (χ0n) is 19.1. The van der Waals surface area contributed by atoms with E-state index in [2.05, 4.69) is 15.6 Å². The minimum absolute atomic E-state index is 0.139. The summed E-state index contributed by atoms with van der Waals surface area (Å²) < 4.78 is 11.9. The number of nitrogens with zero attached hydrogens (tertiary/aromatic N) is 3. The third kappa shape index (κ3) is 4.11. The first-order valence-corrected chi connectivity index (χ1v) is 10.9. The van der Waals surface area contributed by atoms with Crippen LogP contribution in [0.25, 0.3) is 22.2 Å². The monoisotopic (exact) mass is 446 g/mol. The number of carbonyl (C=O) groups is 1. The van der Waals surface area contributed by atoms with E-state index in [1.807, 2.05) is 62.4 Å². The SMILES string of the molecule is CCc1ccccc1NC(=O)C(CC)n1nc(-c2cccc(OC)c2)c2c(C)onc2c1=O. The molecule has 0 spiro atoms. The summed E-state index contributed by atoms with van der Waals surface area (Å²) in [6, 6.07) is 14.1. The third-order valence-corrected chi connectivity index (χ3v) is 5.70. The van der Waals surface area contributed by atoms with E-state index < -0.39 is 11.6 Å². The van der Waals surface area contributed by atoms with E-state index in [9.17, 15) is 9.59 Å². The molecule has 2 aromatic heterocycles. The van der Waals surface area contributed by atoms with Gasteiger partial charge in [-0.25, -0.2) is 4.68 Å². The van der Waals surface area contributed by atoms with Crippen LogP contribution in [0, 0.1) is 6.92 Å². The van der Waals surface area contributed by atoms with Crippen LogP contribution in [0.1, 0.15) is 37.6 Å². The maximum atomic E-state index is 13.3. The molecular formula is C25H26N4O4. The number of amides is 1. The Hall–Kier alpha value is -3.94. The average Bonchev–Trinajstić information content (AvgIpc) is 3.23. The molecule has 1 N–H and O–H groups in total. The lowest BCUT2D eigenvalue weighted by atomic mass is 10.1. The molecular weight excluding hydrogens is 420 g/mol. The molecule has 1 amide bonds. The van der Waals surface area contributed by atoms with Gasteiger partial charge in [0.25, 0.3) is 5.56 Å². The van der Waals surface area contributed by atoms with Crippen LogP contribution in [-0.2, 0) is 11.2 Å². The van der Waals surface area contributed by atoms with Gasteiger partial charge in [-0.05, 0) is 43.5 Å². The number of anilines is 1. The largest absolute Gasteiger partial charge is 0.497 e. The topological polar surface area (TPSA) is 99.2 Å². The molecule has 8 heteroatoms. The van der Waals surface area contributed by atoms with Gasteiger partial charge >= 0.3 is 0 Å². The van der Waals surface area contributed by atoms with Crippen LogP contribution in [0.15, 0.2) is 57.8 Å². The predicted molar refractivity (Wildman–Crippen MR) is 127 cm³/mol. The summed E-state index contributed by atoms with van der Waals surface area (Å²) in [5, 5.41) is 12.1. The van der Waals surface area contributed by atoms with Crippen LogP contribution >= 0.6 is 0 Å². The van der Waals surface area contributed by atoms with Gasteiger partial charge in [0.2, 0.25) is 5.91 Å². The molecule has 0 saturated carbocycles. The number of aryl methyl sites for hydroxylation is 2. The predicted octanol–water partition coefficient (Wildman–Crippen LogP) is 4.52. The van der Waals surface area contributed by atoms with Crippen molar-refractivity contribution >= 4 is 22.5 Å². The highest BCUT2D eigenvalue weighted by atomic mass is 16.5. The Morgan fingerprint density at radius 3 is 2.70 bits per heavy atom. The number of fused-ring (bicyclic) bond motifs is 1. The highest BCUT2D eigenvalue weighted by molar-refractivity contribution is 5.96. The maximum Gasteiger partial charge on any atom is 0.297 e. The first-order chi connectivity index (χ1) is 16.0. The number of rotatable bonds is 7.